The second-order valence-electron chi connectivity index (χ2n) is 5.88. The molecule has 0 bridgehead atoms. The van der Waals surface area contributed by atoms with Gasteiger partial charge in [-0.25, -0.2) is 9.37 Å². The van der Waals surface area contributed by atoms with Gasteiger partial charge in [0, 0.05) is 31.2 Å². The van der Waals surface area contributed by atoms with E-state index in [0.29, 0.717) is 6.54 Å². The highest BCUT2D eigenvalue weighted by Gasteiger charge is 2.32. The van der Waals surface area contributed by atoms with Gasteiger partial charge in [0.15, 0.2) is 11.6 Å². The number of nitrogens with zero attached hydrogens (tertiary/aromatic N) is 2. The molecule has 0 radical (unpaired) electrons. The maximum Gasteiger partial charge on any atom is 0.225 e. The SMILES string of the molecule is O=C(C1CCCC1)N1CCC(Nc2ncc(Cl)cc2F)C1. The highest BCUT2D eigenvalue weighted by molar-refractivity contribution is 6.30. The van der Waals surface area contributed by atoms with Gasteiger partial charge in [0.2, 0.25) is 5.91 Å². The van der Waals surface area contributed by atoms with Crippen molar-refractivity contribution in [3.63, 3.8) is 0 Å². The predicted octanol–water partition coefficient (Wildman–Crippen LogP) is 3.08. The molecule has 2 aliphatic rings. The third-order valence-electron chi connectivity index (χ3n) is 4.35. The Balaban J connectivity index is 1.58. The van der Waals surface area contributed by atoms with Gasteiger partial charge in [0.1, 0.15) is 0 Å². The second-order valence-corrected chi connectivity index (χ2v) is 6.32. The van der Waals surface area contributed by atoms with Gasteiger partial charge in [0.05, 0.1) is 5.02 Å². The van der Waals surface area contributed by atoms with Crippen molar-refractivity contribution in [2.45, 2.75) is 38.1 Å². The summed E-state index contributed by atoms with van der Waals surface area (Å²) in [4.78, 5) is 18.2. The van der Waals surface area contributed by atoms with E-state index < -0.39 is 5.82 Å². The van der Waals surface area contributed by atoms with Crippen LogP contribution in [0.1, 0.15) is 32.1 Å². The number of amides is 1. The topological polar surface area (TPSA) is 45.2 Å². The third-order valence-corrected chi connectivity index (χ3v) is 4.56. The van der Waals surface area contributed by atoms with Crippen molar-refractivity contribution in [2.24, 2.45) is 5.92 Å². The van der Waals surface area contributed by atoms with Crippen molar-refractivity contribution in [2.75, 3.05) is 18.4 Å². The summed E-state index contributed by atoms with van der Waals surface area (Å²) in [5.41, 5.74) is 0. The molecule has 2 fully saturated rings. The number of carbonyl (C=O) groups excluding carboxylic acids is 1. The average molecular weight is 312 g/mol. The monoisotopic (exact) mass is 311 g/mol. The lowest BCUT2D eigenvalue weighted by Crippen LogP contribution is -2.35. The molecule has 1 unspecified atom stereocenters. The Morgan fingerprint density at radius 2 is 2.14 bits per heavy atom. The van der Waals surface area contributed by atoms with E-state index in [2.05, 4.69) is 10.3 Å². The van der Waals surface area contributed by atoms with E-state index >= 15 is 0 Å². The van der Waals surface area contributed by atoms with Crippen LogP contribution in [0.3, 0.4) is 0 Å². The Morgan fingerprint density at radius 1 is 1.38 bits per heavy atom. The van der Waals surface area contributed by atoms with Crippen molar-refractivity contribution in [1.82, 2.24) is 9.88 Å². The Kier molecular flexibility index (Phi) is 4.29. The zero-order chi connectivity index (χ0) is 14.8. The van der Waals surface area contributed by atoms with Crippen molar-refractivity contribution in [1.29, 1.82) is 0 Å². The molecule has 2 heterocycles. The van der Waals surface area contributed by atoms with Crippen LogP contribution in [0.15, 0.2) is 12.3 Å². The lowest BCUT2D eigenvalue weighted by Gasteiger charge is -2.21. The fraction of sp³-hybridized carbons (Fsp3) is 0.600. The van der Waals surface area contributed by atoms with E-state index in [1.165, 1.54) is 12.3 Å². The molecule has 1 saturated carbocycles. The fourth-order valence-electron chi connectivity index (χ4n) is 3.22. The van der Waals surface area contributed by atoms with Gasteiger partial charge >= 0.3 is 0 Å². The second kappa shape index (κ2) is 6.18. The number of carbonyl (C=O) groups is 1. The van der Waals surface area contributed by atoms with E-state index in [1.807, 2.05) is 4.90 Å². The molecule has 1 aromatic heterocycles. The van der Waals surface area contributed by atoms with Crippen molar-refractivity contribution < 1.29 is 9.18 Å². The maximum atomic E-state index is 13.7. The van der Waals surface area contributed by atoms with E-state index in [1.54, 1.807) is 0 Å². The van der Waals surface area contributed by atoms with Gasteiger partial charge in [-0.2, -0.15) is 0 Å². The molecule has 21 heavy (non-hydrogen) atoms. The molecule has 1 amide bonds. The number of aromatic nitrogens is 1. The number of nitrogens with one attached hydrogen (secondary N) is 1. The zero-order valence-electron chi connectivity index (χ0n) is 11.8. The summed E-state index contributed by atoms with van der Waals surface area (Å²) < 4.78 is 13.7. The minimum atomic E-state index is -0.455. The molecule has 1 N–H and O–H groups in total. The number of rotatable bonds is 3. The lowest BCUT2D eigenvalue weighted by atomic mass is 10.1. The van der Waals surface area contributed by atoms with Gasteiger partial charge in [-0.15, -0.1) is 0 Å². The molecular formula is C15H19ClFN3O. The summed E-state index contributed by atoms with van der Waals surface area (Å²) in [6, 6.07) is 1.30. The Hall–Kier alpha value is -1.36. The molecule has 1 aliphatic carbocycles. The summed E-state index contributed by atoms with van der Waals surface area (Å²) in [5, 5.41) is 3.35. The number of hydrogen-bond donors (Lipinski definition) is 1. The predicted molar refractivity (Wildman–Crippen MR) is 79.8 cm³/mol. The number of anilines is 1. The van der Waals surface area contributed by atoms with Crippen LogP contribution in [0.4, 0.5) is 10.2 Å². The first kappa shape index (κ1) is 14.6. The Bertz CT molecular complexity index is 534. The summed E-state index contributed by atoms with van der Waals surface area (Å²) in [6.45, 7) is 1.36. The quantitative estimate of drug-likeness (QED) is 0.933. The van der Waals surface area contributed by atoms with E-state index in [4.69, 9.17) is 11.6 Å². The highest BCUT2D eigenvalue weighted by atomic mass is 35.5. The Labute approximate surface area is 128 Å². The van der Waals surface area contributed by atoms with Gasteiger partial charge in [-0.1, -0.05) is 24.4 Å². The fourth-order valence-corrected chi connectivity index (χ4v) is 3.37. The van der Waals surface area contributed by atoms with Gasteiger partial charge in [-0.3, -0.25) is 4.79 Å². The molecular weight excluding hydrogens is 293 g/mol. The lowest BCUT2D eigenvalue weighted by molar-refractivity contribution is -0.134. The maximum absolute atomic E-state index is 13.7. The zero-order valence-corrected chi connectivity index (χ0v) is 12.6. The van der Waals surface area contributed by atoms with Gasteiger partial charge < -0.3 is 10.2 Å². The van der Waals surface area contributed by atoms with E-state index in [0.717, 1.165) is 38.6 Å². The van der Waals surface area contributed by atoms with Crippen LogP contribution in [0.5, 0.6) is 0 Å². The highest BCUT2D eigenvalue weighted by Crippen LogP contribution is 2.28. The van der Waals surface area contributed by atoms with Crippen LogP contribution in [0.25, 0.3) is 0 Å². The molecule has 1 aliphatic heterocycles. The summed E-state index contributed by atoms with van der Waals surface area (Å²) in [5.74, 6) is 0.220. The molecule has 0 aromatic carbocycles. The Morgan fingerprint density at radius 3 is 2.86 bits per heavy atom. The number of pyridine rings is 1. The summed E-state index contributed by atoms with van der Waals surface area (Å²) in [7, 11) is 0. The molecule has 4 nitrogen and oxygen atoms in total. The molecule has 1 saturated heterocycles. The van der Waals surface area contributed by atoms with Crippen molar-refractivity contribution in [3.8, 4) is 0 Å². The first-order valence-corrected chi connectivity index (χ1v) is 7.87. The molecule has 114 valence electrons. The van der Waals surface area contributed by atoms with Gasteiger partial charge in [0.25, 0.3) is 0 Å². The van der Waals surface area contributed by atoms with Crippen LogP contribution in [0.2, 0.25) is 5.02 Å². The van der Waals surface area contributed by atoms with E-state index in [-0.39, 0.29) is 28.7 Å². The van der Waals surface area contributed by atoms with Crippen LogP contribution in [-0.4, -0.2) is 34.9 Å². The first-order chi connectivity index (χ1) is 10.1. The molecule has 3 rings (SSSR count). The minimum Gasteiger partial charge on any atom is -0.363 e. The van der Waals surface area contributed by atoms with Crippen LogP contribution >= 0.6 is 11.6 Å². The average Bonchev–Trinajstić information content (AvgIpc) is 3.12. The molecule has 6 heteroatoms. The van der Waals surface area contributed by atoms with Gasteiger partial charge in [-0.05, 0) is 25.3 Å². The number of likely N-dealkylation sites (tertiary alicyclic amines) is 1. The van der Waals surface area contributed by atoms with Crippen LogP contribution in [0, 0.1) is 11.7 Å². The third kappa shape index (κ3) is 3.28. The number of hydrogen-bond acceptors (Lipinski definition) is 3. The largest absolute Gasteiger partial charge is 0.363 e. The standard InChI is InChI=1S/C15H19ClFN3O/c16-11-7-13(17)14(18-8-11)19-12-5-6-20(9-12)15(21)10-3-1-2-4-10/h7-8,10,12H,1-6,9H2,(H,18,19). The summed E-state index contributed by atoms with van der Waals surface area (Å²) >= 11 is 5.69. The minimum absolute atomic E-state index is 0.0542. The van der Waals surface area contributed by atoms with E-state index in [9.17, 15) is 9.18 Å². The van der Waals surface area contributed by atoms with Crippen LogP contribution in [-0.2, 0) is 4.79 Å². The van der Waals surface area contributed by atoms with Crippen molar-refractivity contribution in [3.05, 3.63) is 23.1 Å². The first-order valence-electron chi connectivity index (χ1n) is 7.50. The molecule has 1 aromatic rings. The molecule has 0 spiro atoms. The van der Waals surface area contributed by atoms with Crippen molar-refractivity contribution >= 4 is 23.3 Å². The summed E-state index contributed by atoms with van der Waals surface area (Å²) in [6.07, 6.45) is 6.59. The number of halogens is 2. The molecule has 1 atom stereocenters. The smallest absolute Gasteiger partial charge is 0.225 e. The normalized spacial score (nSPS) is 22.8. The van der Waals surface area contributed by atoms with Crippen LogP contribution < -0.4 is 5.32 Å².